The maximum atomic E-state index is 5.26. The average molecular weight is 738 g/mol. The first-order chi connectivity index (χ1) is 27.7. The van der Waals surface area contributed by atoms with E-state index in [0.717, 1.165) is 17.1 Å². The zero-order valence-electron chi connectivity index (χ0n) is 30.5. The predicted molar refractivity (Wildman–Crippen MR) is 235 cm³/mol. The lowest BCUT2D eigenvalue weighted by molar-refractivity contribution is -0.739. The minimum Gasteiger partial charge on any atom is -0.317 e. The van der Waals surface area contributed by atoms with Crippen molar-refractivity contribution < 1.29 is 5.32 Å². The highest BCUT2D eigenvalue weighted by molar-refractivity contribution is 7.26. The van der Waals surface area contributed by atoms with Gasteiger partial charge in [-0.1, -0.05) is 140 Å². The summed E-state index contributed by atoms with van der Waals surface area (Å²) in [6, 6.07) is 70.1. The Balaban J connectivity index is 0.964. The van der Waals surface area contributed by atoms with Gasteiger partial charge in [0, 0.05) is 53.3 Å². The fraction of sp³-hybridized carbons (Fsp3) is 0.0392. The molecule has 5 heteroatoms. The predicted octanol–water partition coefficient (Wildman–Crippen LogP) is 11.8. The van der Waals surface area contributed by atoms with Crippen molar-refractivity contribution in [1.29, 1.82) is 0 Å². The SMILES string of the molecule is c1ccc(-c2cccc(C3=NC(c4ccccc4)[NH2+]C(c4ccc(-n5c6ccccc6c6cc(-c7cccc8c7sc7ccccc78)ccc65)cc4)N3)c2)cc1. The summed E-state index contributed by atoms with van der Waals surface area (Å²) in [5.74, 6) is 0.901. The number of nitrogens with two attached hydrogens (primary N) is 1. The second-order valence-electron chi connectivity index (χ2n) is 14.6. The molecule has 1 aliphatic heterocycles. The third-order valence-corrected chi connectivity index (χ3v) is 12.4. The highest BCUT2D eigenvalue weighted by Gasteiger charge is 2.29. The van der Waals surface area contributed by atoms with Gasteiger partial charge in [-0.3, -0.25) is 5.32 Å². The highest BCUT2D eigenvalue weighted by atomic mass is 32.1. The van der Waals surface area contributed by atoms with E-state index in [1.54, 1.807) is 0 Å². The van der Waals surface area contributed by atoms with Gasteiger partial charge in [0.2, 0.25) is 6.17 Å². The largest absolute Gasteiger partial charge is 0.317 e. The molecule has 3 heterocycles. The Labute approximate surface area is 329 Å². The second kappa shape index (κ2) is 13.5. The van der Waals surface area contributed by atoms with E-state index in [9.17, 15) is 0 Å². The van der Waals surface area contributed by atoms with Crippen LogP contribution in [0.2, 0.25) is 0 Å². The molecule has 1 aliphatic rings. The number of rotatable bonds is 6. The van der Waals surface area contributed by atoms with Crippen LogP contribution in [0.4, 0.5) is 0 Å². The third kappa shape index (κ3) is 5.60. The number of aromatic nitrogens is 1. The minimum absolute atomic E-state index is 0.0283. The Morgan fingerprint density at radius 1 is 0.482 bits per heavy atom. The number of aliphatic imine (C=N–C) groups is 1. The lowest BCUT2D eigenvalue weighted by atomic mass is 10.0. The van der Waals surface area contributed by atoms with Gasteiger partial charge in [0.15, 0.2) is 6.17 Å². The minimum atomic E-state index is -0.0811. The Hall–Kier alpha value is -6.79. The van der Waals surface area contributed by atoms with E-state index in [1.165, 1.54) is 75.4 Å². The van der Waals surface area contributed by atoms with Crippen LogP contribution >= 0.6 is 11.3 Å². The number of hydrogen-bond donors (Lipinski definition) is 2. The summed E-state index contributed by atoms with van der Waals surface area (Å²) in [4.78, 5) is 5.26. The van der Waals surface area contributed by atoms with Crippen LogP contribution < -0.4 is 10.6 Å². The van der Waals surface area contributed by atoms with Crippen LogP contribution in [0.1, 0.15) is 29.0 Å². The van der Waals surface area contributed by atoms with Crippen LogP contribution in [-0.4, -0.2) is 10.4 Å². The molecule has 8 aromatic carbocycles. The van der Waals surface area contributed by atoms with E-state index >= 15 is 0 Å². The van der Waals surface area contributed by atoms with E-state index in [2.05, 4.69) is 209 Å². The summed E-state index contributed by atoms with van der Waals surface area (Å²) >= 11 is 1.88. The van der Waals surface area contributed by atoms with Gasteiger partial charge < -0.3 is 9.88 Å². The van der Waals surface area contributed by atoms with Gasteiger partial charge in [-0.05, 0) is 76.9 Å². The van der Waals surface area contributed by atoms with Crippen molar-refractivity contribution >= 4 is 59.2 Å². The Morgan fingerprint density at radius 3 is 2.02 bits per heavy atom. The number of nitrogens with one attached hydrogen (secondary N) is 1. The molecule has 10 aromatic rings. The molecular weight excluding hydrogens is 701 g/mol. The Morgan fingerprint density at radius 2 is 1.16 bits per heavy atom. The molecule has 0 saturated heterocycles. The maximum Gasteiger partial charge on any atom is 0.209 e. The van der Waals surface area contributed by atoms with Crippen LogP contribution in [0.25, 0.3) is 69.9 Å². The molecule has 0 amide bonds. The summed E-state index contributed by atoms with van der Waals surface area (Å²) in [6.07, 6.45) is -0.109. The van der Waals surface area contributed by atoms with Crippen LogP contribution in [0.3, 0.4) is 0 Å². The summed E-state index contributed by atoms with van der Waals surface area (Å²) in [5.41, 5.74) is 11.9. The highest BCUT2D eigenvalue weighted by Crippen LogP contribution is 2.42. The summed E-state index contributed by atoms with van der Waals surface area (Å²) in [7, 11) is 0. The molecule has 0 aliphatic carbocycles. The molecule has 0 radical (unpaired) electrons. The summed E-state index contributed by atoms with van der Waals surface area (Å²) < 4.78 is 5.07. The lowest BCUT2D eigenvalue weighted by Crippen LogP contribution is -2.90. The van der Waals surface area contributed by atoms with Crippen molar-refractivity contribution in [2.45, 2.75) is 12.3 Å². The number of quaternary nitrogens is 1. The molecule has 3 N–H and O–H groups in total. The quantitative estimate of drug-likeness (QED) is 0.175. The molecule has 56 heavy (non-hydrogen) atoms. The fourth-order valence-corrected chi connectivity index (χ4v) is 9.72. The smallest absolute Gasteiger partial charge is 0.209 e. The van der Waals surface area contributed by atoms with Crippen molar-refractivity contribution in [3.63, 3.8) is 0 Å². The first kappa shape index (κ1) is 32.6. The van der Waals surface area contributed by atoms with Gasteiger partial charge in [0.25, 0.3) is 0 Å². The molecule has 0 spiro atoms. The van der Waals surface area contributed by atoms with Gasteiger partial charge in [-0.2, -0.15) is 0 Å². The van der Waals surface area contributed by atoms with Crippen LogP contribution in [0, 0.1) is 0 Å². The first-order valence-corrected chi connectivity index (χ1v) is 20.0. The van der Waals surface area contributed by atoms with Crippen molar-refractivity contribution in [3.8, 4) is 27.9 Å². The third-order valence-electron chi connectivity index (χ3n) is 11.2. The van der Waals surface area contributed by atoms with E-state index < -0.39 is 0 Å². The molecule has 0 bridgehead atoms. The maximum absolute atomic E-state index is 5.26. The number of nitrogens with zero attached hydrogens (tertiary/aromatic N) is 2. The second-order valence-corrected chi connectivity index (χ2v) is 15.6. The summed E-state index contributed by atoms with van der Waals surface area (Å²) in [6.45, 7) is 0. The van der Waals surface area contributed by atoms with Crippen molar-refractivity contribution in [2.75, 3.05) is 0 Å². The number of amidine groups is 1. The van der Waals surface area contributed by atoms with E-state index in [4.69, 9.17) is 4.99 Å². The number of fused-ring (bicyclic) bond motifs is 6. The molecule has 11 rings (SSSR count). The van der Waals surface area contributed by atoms with Crippen LogP contribution in [-0.2, 0) is 0 Å². The van der Waals surface area contributed by atoms with Gasteiger partial charge in [0.1, 0.15) is 5.84 Å². The van der Waals surface area contributed by atoms with Crippen molar-refractivity contribution in [3.05, 3.63) is 211 Å². The summed E-state index contributed by atoms with van der Waals surface area (Å²) in [5, 5.41) is 11.3. The first-order valence-electron chi connectivity index (χ1n) is 19.2. The Bertz CT molecular complexity index is 3090. The Kier molecular flexibility index (Phi) is 7.87. The molecule has 266 valence electrons. The van der Waals surface area contributed by atoms with Gasteiger partial charge >= 0.3 is 0 Å². The zero-order chi connectivity index (χ0) is 37.0. The molecule has 2 unspecified atom stereocenters. The monoisotopic (exact) mass is 737 g/mol. The van der Waals surface area contributed by atoms with Gasteiger partial charge in [-0.15, -0.1) is 11.3 Å². The van der Waals surface area contributed by atoms with Gasteiger partial charge in [0.05, 0.1) is 11.0 Å². The molecular formula is C51H37N4S+. The van der Waals surface area contributed by atoms with E-state index in [0.29, 0.717) is 0 Å². The van der Waals surface area contributed by atoms with E-state index in [1.807, 2.05) is 11.3 Å². The number of para-hydroxylation sites is 1. The molecule has 4 nitrogen and oxygen atoms in total. The molecule has 0 saturated carbocycles. The fourth-order valence-electron chi connectivity index (χ4n) is 8.49. The van der Waals surface area contributed by atoms with E-state index in [-0.39, 0.29) is 12.3 Å². The zero-order valence-corrected chi connectivity index (χ0v) is 31.3. The topological polar surface area (TPSA) is 45.9 Å². The number of thiophene rings is 1. The van der Waals surface area contributed by atoms with Crippen molar-refractivity contribution in [1.82, 2.24) is 9.88 Å². The van der Waals surface area contributed by atoms with Crippen molar-refractivity contribution in [2.24, 2.45) is 4.99 Å². The standard InChI is InChI=1S/C51H36N4S/c1-3-13-33(14-4-1)36-17-11-18-38(31-36)51-53-49(34-15-5-2-6-16-34)52-50(54-51)35-25-28-39(29-26-35)55-45-23-9-7-19-41(45)44-32-37(27-30-46(44)55)40-21-12-22-43-42-20-8-10-24-47(42)56-48(40)43/h1-32,49-50,52H,(H,53,54)/p+1. The molecule has 2 aromatic heterocycles. The number of hydrogen-bond acceptors (Lipinski definition) is 3. The van der Waals surface area contributed by atoms with Gasteiger partial charge in [-0.25, -0.2) is 4.99 Å². The van der Waals surface area contributed by atoms with Crippen LogP contribution in [0.15, 0.2) is 199 Å². The average Bonchev–Trinajstić information content (AvgIpc) is 3.83. The molecule has 2 atom stereocenters. The molecule has 0 fully saturated rings. The number of benzene rings is 8. The van der Waals surface area contributed by atoms with Crippen LogP contribution in [0.5, 0.6) is 0 Å². The lowest BCUT2D eigenvalue weighted by Gasteiger charge is -2.29. The normalized spacial score (nSPS) is 15.7.